The number of ether oxygens (including phenoxy) is 1. The van der Waals surface area contributed by atoms with Crippen molar-refractivity contribution in [2.45, 2.75) is 52.5 Å². The van der Waals surface area contributed by atoms with Crippen molar-refractivity contribution in [2.24, 2.45) is 11.3 Å². The van der Waals surface area contributed by atoms with Crippen LogP contribution in [-0.4, -0.2) is 62.9 Å². The number of carboxylic acids is 1. The number of hydrogen-bond acceptors (Lipinski definition) is 5. The van der Waals surface area contributed by atoms with Gasteiger partial charge in [0.15, 0.2) is 5.54 Å². The molecule has 31 heavy (non-hydrogen) atoms. The summed E-state index contributed by atoms with van der Waals surface area (Å²) < 4.78 is 4.84. The van der Waals surface area contributed by atoms with E-state index in [1.54, 1.807) is 27.7 Å². The summed E-state index contributed by atoms with van der Waals surface area (Å²) in [5.41, 5.74) is -2.08. The highest BCUT2D eigenvalue weighted by molar-refractivity contribution is 5.98. The molecule has 9 heteroatoms. The van der Waals surface area contributed by atoms with Gasteiger partial charge in [0.05, 0.1) is 6.61 Å². The van der Waals surface area contributed by atoms with Gasteiger partial charge in [0.25, 0.3) is 5.91 Å². The summed E-state index contributed by atoms with van der Waals surface area (Å²) in [5.74, 6) is -3.66. The zero-order chi connectivity index (χ0) is 23.4. The van der Waals surface area contributed by atoms with Crippen molar-refractivity contribution in [1.29, 1.82) is 0 Å². The van der Waals surface area contributed by atoms with Gasteiger partial charge < -0.3 is 14.9 Å². The summed E-state index contributed by atoms with van der Waals surface area (Å²) >= 11 is 0. The van der Waals surface area contributed by atoms with E-state index in [1.165, 1.54) is 0 Å². The zero-order valence-electron chi connectivity index (χ0n) is 18.3. The van der Waals surface area contributed by atoms with Gasteiger partial charge >= 0.3 is 18.0 Å². The Labute approximate surface area is 181 Å². The van der Waals surface area contributed by atoms with E-state index in [9.17, 15) is 29.4 Å². The molecule has 1 aromatic carbocycles. The van der Waals surface area contributed by atoms with Crippen LogP contribution in [0.25, 0.3) is 0 Å². The summed E-state index contributed by atoms with van der Waals surface area (Å²) in [7, 11) is 0. The lowest BCUT2D eigenvalue weighted by molar-refractivity contribution is -0.215. The molecule has 0 aromatic heterocycles. The lowest BCUT2D eigenvalue weighted by Gasteiger charge is -2.58. The number of aliphatic carboxylic acids is 1. The predicted molar refractivity (Wildman–Crippen MR) is 111 cm³/mol. The number of benzene rings is 1. The largest absolute Gasteiger partial charge is 0.479 e. The van der Waals surface area contributed by atoms with Crippen LogP contribution in [0.2, 0.25) is 0 Å². The fourth-order valence-electron chi connectivity index (χ4n) is 4.54. The number of hydrogen-bond donors (Lipinski definition) is 2. The molecule has 1 aromatic rings. The fourth-order valence-corrected chi connectivity index (χ4v) is 4.54. The van der Waals surface area contributed by atoms with E-state index in [0.29, 0.717) is 6.42 Å². The molecule has 170 valence electrons. The molecule has 1 heterocycles. The highest BCUT2D eigenvalue weighted by atomic mass is 16.5. The molecule has 1 aliphatic rings. The first-order valence-corrected chi connectivity index (χ1v) is 10.2. The molecule has 1 saturated heterocycles. The first-order chi connectivity index (χ1) is 14.5. The Hall–Kier alpha value is -3.10. The van der Waals surface area contributed by atoms with Gasteiger partial charge in [-0.1, -0.05) is 51.1 Å². The van der Waals surface area contributed by atoms with Gasteiger partial charge in [0.2, 0.25) is 0 Å². The molecule has 0 saturated carbocycles. The minimum Gasteiger partial charge on any atom is -0.479 e. The topological polar surface area (TPSA) is 124 Å². The molecule has 0 bridgehead atoms. The molecule has 0 radical (unpaired) electrons. The second kappa shape index (κ2) is 9.36. The normalized spacial score (nSPS) is 21.5. The monoisotopic (exact) mass is 434 g/mol. The van der Waals surface area contributed by atoms with Gasteiger partial charge in [-0.2, -0.15) is 0 Å². The van der Waals surface area contributed by atoms with E-state index in [4.69, 9.17) is 4.74 Å². The van der Waals surface area contributed by atoms with Crippen LogP contribution >= 0.6 is 0 Å². The maximum atomic E-state index is 13.2. The third-order valence-electron chi connectivity index (χ3n) is 5.71. The molecule has 1 aliphatic heterocycles. The second-order valence-electron chi connectivity index (χ2n) is 8.59. The lowest BCUT2D eigenvalue weighted by Crippen LogP contribution is -2.76. The van der Waals surface area contributed by atoms with E-state index in [2.05, 4.69) is 0 Å². The van der Waals surface area contributed by atoms with Crippen LogP contribution in [0.1, 0.15) is 46.1 Å². The zero-order valence-corrected chi connectivity index (χ0v) is 18.3. The summed E-state index contributed by atoms with van der Waals surface area (Å²) in [6, 6.07) is 9.25. The third-order valence-corrected chi connectivity index (χ3v) is 5.71. The Morgan fingerprint density at radius 1 is 1.13 bits per heavy atom. The highest BCUT2D eigenvalue weighted by Crippen LogP contribution is 2.48. The quantitative estimate of drug-likeness (QED) is 0.521. The number of amides is 2. The number of nitrogens with zero attached hydrogens (tertiary/aromatic N) is 2. The van der Waals surface area contributed by atoms with Crippen molar-refractivity contribution >= 4 is 23.9 Å². The van der Waals surface area contributed by atoms with E-state index in [-0.39, 0.29) is 19.6 Å². The number of hydrazine groups is 1. The first-order valence-electron chi connectivity index (χ1n) is 10.2. The van der Waals surface area contributed by atoms with Crippen molar-refractivity contribution in [2.75, 3.05) is 13.2 Å². The maximum Gasteiger partial charge on any atom is 0.426 e. The molecule has 2 amide bonds. The van der Waals surface area contributed by atoms with Gasteiger partial charge in [-0.05, 0) is 30.7 Å². The van der Waals surface area contributed by atoms with Gasteiger partial charge in [-0.3, -0.25) is 9.59 Å². The minimum absolute atomic E-state index is 0.0503. The third kappa shape index (κ3) is 4.65. The van der Waals surface area contributed by atoms with E-state index in [1.807, 2.05) is 30.3 Å². The first kappa shape index (κ1) is 24.2. The van der Waals surface area contributed by atoms with Crippen LogP contribution in [0, 0.1) is 11.3 Å². The summed E-state index contributed by atoms with van der Waals surface area (Å²) in [6.07, 6.45) is -1.62. The van der Waals surface area contributed by atoms with Crippen LogP contribution in [0.3, 0.4) is 0 Å². The average Bonchev–Trinajstić information content (AvgIpc) is 2.67. The Balaban J connectivity index is 2.64. The molecule has 2 rings (SSSR count). The molecule has 2 atom stereocenters. The molecule has 2 unspecified atom stereocenters. The van der Waals surface area contributed by atoms with Crippen molar-refractivity contribution in [3.05, 3.63) is 35.9 Å². The van der Waals surface area contributed by atoms with Crippen LogP contribution in [0.4, 0.5) is 4.79 Å². The number of carbonyl (C=O) groups is 4. The Morgan fingerprint density at radius 2 is 1.74 bits per heavy atom. The molecule has 1 fully saturated rings. The Bertz CT molecular complexity index is 834. The Kier molecular flexibility index (Phi) is 7.30. The van der Waals surface area contributed by atoms with Crippen molar-refractivity contribution in [3.63, 3.8) is 0 Å². The average molecular weight is 434 g/mol. The van der Waals surface area contributed by atoms with Gasteiger partial charge in [-0.15, -0.1) is 0 Å². The standard InChI is InChI=1S/C22H30N2O7/c1-5-31-18(26)14-17(25)24-22(19(27)28,21(2,3)4)16(11-12-23(24)20(29)30)13-15-9-7-6-8-10-15/h6-10,16H,5,11-14H2,1-4H3,(H,27,28)(H,29,30). The molecular formula is C22H30N2O7. The molecule has 0 aliphatic carbocycles. The van der Waals surface area contributed by atoms with E-state index in [0.717, 1.165) is 15.6 Å². The van der Waals surface area contributed by atoms with Crippen molar-refractivity contribution in [1.82, 2.24) is 10.0 Å². The SMILES string of the molecule is CCOC(=O)CC(=O)N1N(C(=O)O)CCC(Cc2ccccc2)C1(C(=O)O)C(C)(C)C. The van der Waals surface area contributed by atoms with Crippen molar-refractivity contribution in [3.8, 4) is 0 Å². The van der Waals surface area contributed by atoms with Gasteiger partial charge in [-0.25, -0.2) is 19.6 Å². The van der Waals surface area contributed by atoms with E-state index < -0.39 is 47.2 Å². The summed E-state index contributed by atoms with van der Waals surface area (Å²) in [4.78, 5) is 50.1. The van der Waals surface area contributed by atoms with E-state index >= 15 is 0 Å². The van der Waals surface area contributed by atoms with Gasteiger partial charge in [0, 0.05) is 12.5 Å². The number of rotatable bonds is 6. The predicted octanol–water partition coefficient (Wildman–Crippen LogP) is 2.80. The smallest absolute Gasteiger partial charge is 0.426 e. The van der Waals surface area contributed by atoms with Crippen LogP contribution in [0.15, 0.2) is 30.3 Å². The minimum atomic E-state index is -1.90. The number of esters is 1. The molecule has 9 nitrogen and oxygen atoms in total. The van der Waals surface area contributed by atoms with Crippen LogP contribution < -0.4 is 0 Å². The maximum absolute atomic E-state index is 13.2. The van der Waals surface area contributed by atoms with Crippen molar-refractivity contribution < 1.29 is 34.1 Å². The lowest BCUT2D eigenvalue weighted by atomic mass is 9.62. The van der Waals surface area contributed by atoms with Crippen LogP contribution in [0.5, 0.6) is 0 Å². The molecular weight excluding hydrogens is 404 g/mol. The van der Waals surface area contributed by atoms with Gasteiger partial charge in [0.1, 0.15) is 6.42 Å². The fraction of sp³-hybridized carbons (Fsp3) is 0.545. The number of carbonyl (C=O) groups excluding carboxylic acids is 2. The summed E-state index contributed by atoms with van der Waals surface area (Å²) in [6.45, 7) is 6.56. The number of carboxylic acid groups (broad SMARTS) is 2. The highest BCUT2D eigenvalue weighted by Gasteiger charge is 2.64. The van der Waals surface area contributed by atoms with Crippen LogP contribution in [-0.2, 0) is 25.5 Å². The molecule has 2 N–H and O–H groups in total. The Morgan fingerprint density at radius 3 is 2.23 bits per heavy atom. The summed E-state index contributed by atoms with van der Waals surface area (Å²) in [5, 5.41) is 21.8. The second-order valence-corrected chi connectivity index (χ2v) is 8.59. The molecule has 0 spiro atoms.